The molecule has 2 heteroatoms. The molecule has 74 valence electrons. The molecule has 1 aromatic rings. The van der Waals surface area contributed by atoms with Gasteiger partial charge in [0.25, 0.3) is 0 Å². The number of nitrogens with two attached hydrogens (primary N) is 1. The molecular weight excluding hydrogens is 172 g/mol. The lowest BCUT2D eigenvalue weighted by Crippen LogP contribution is -2.30. The second-order valence-electron chi connectivity index (χ2n) is 3.81. The van der Waals surface area contributed by atoms with E-state index in [0.29, 0.717) is 12.1 Å². The van der Waals surface area contributed by atoms with Gasteiger partial charge in [-0.3, -0.25) is 0 Å². The van der Waals surface area contributed by atoms with Crippen molar-refractivity contribution in [2.45, 2.75) is 25.7 Å². The van der Waals surface area contributed by atoms with Gasteiger partial charge < -0.3 is 5.73 Å². The van der Waals surface area contributed by atoms with Crippen LogP contribution in [0.25, 0.3) is 0 Å². The van der Waals surface area contributed by atoms with Crippen molar-refractivity contribution in [3.8, 4) is 6.07 Å². The van der Waals surface area contributed by atoms with Gasteiger partial charge in [0, 0.05) is 12.0 Å². The zero-order valence-electron chi connectivity index (χ0n) is 8.75. The maximum Gasteiger partial charge on any atom is 0.0991 e. The number of rotatable bonds is 3. The molecular formula is C12H16N2. The highest BCUT2D eigenvalue weighted by atomic mass is 14.6. The first-order chi connectivity index (χ1) is 6.66. The molecule has 0 saturated heterocycles. The summed E-state index contributed by atoms with van der Waals surface area (Å²) in [6.45, 7) is 4.91. The molecule has 0 radical (unpaired) electrons. The van der Waals surface area contributed by atoms with Crippen LogP contribution >= 0.6 is 0 Å². The number of nitrogens with zero attached hydrogens (tertiary/aromatic N) is 1. The van der Waals surface area contributed by atoms with Gasteiger partial charge in [0.1, 0.15) is 0 Å². The third kappa shape index (κ3) is 1.94. The first kappa shape index (κ1) is 10.7. The zero-order valence-corrected chi connectivity index (χ0v) is 8.75. The van der Waals surface area contributed by atoms with E-state index in [0.717, 1.165) is 6.42 Å². The minimum absolute atomic E-state index is 0.0357. The van der Waals surface area contributed by atoms with E-state index in [4.69, 9.17) is 11.0 Å². The maximum atomic E-state index is 8.67. The predicted octanol–water partition coefficient (Wildman–Crippen LogP) is 2.18. The quantitative estimate of drug-likeness (QED) is 0.790. The second kappa shape index (κ2) is 4.26. The van der Waals surface area contributed by atoms with E-state index in [-0.39, 0.29) is 5.41 Å². The highest BCUT2D eigenvalue weighted by Gasteiger charge is 2.22. The summed E-state index contributed by atoms with van der Waals surface area (Å²) >= 11 is 0. The molecule has 2 nitrogen and oxygen atoms in total. The number of hydrogen-bond acceptors (Lipinski definition) is 2. The molecule has 1 aromatic carbocycles. The van der Waals surface area contributed by atoms with Gasteiger partial charge in [-0.15, -0.1) is 0 Å². The van der Waals surface area contributed by atoms with Crippen LogP contribution in [0.2, 0.25) is 0 Å². The van der Waals surface area contributed by atoms with Crippen LogP contribution in [0.3, 0.4) is 0 Å². The number of nitriles is 1. The van der Waals surface area contributed by atoms with Gasteiger partial charge in [-0.05, 0) is 24.1 Å². The fraction of sp³-hybridized carbons (Fsp3) is 0.417. The van der Waals surface area contributed by atoms with E-state index in [2.05, 4.69) is 19.9 Å². The fourth-order valence-corrected chi connectivity index (χ4v) is 1.41. The Kier molecular flexibility index (Phi) is 3.27. The molecule has 1 rings (SSSR count). The summed E-state index contributed by atoms with van der Waals surface area (Å²) in [7, 11) is 0. The minimum Gasteiger partial charge on any atom is -0.330 e. The van der Waals surface area contributed by atoms with Crippen LogP contribution < -0.4 is 5.73 Å². The van der Waals surface area contributed by atoms with Gasteiger partial charge in [-0.2, -0.15) is 5.26 Å². The highest BCUT2D eigenvalue weighted by Crippen LogP contribution is 2.26. The third-order valence-electron chi connectivity index (χ3n) is 2.94. The monoisotopic (exact) mass is 188 g/mol. The molecule has 2 N–H and O–H groups in total. The maximum absolute atomic E-state index is 8.67. The molecule has 0 bridgehead atoms. The van der Waals surface area contributed by atoms with E-state index in [9.17, 15) is 0 Å². The molecule has 0 aliphatic heterocycles. The van der Waals surface area contributed by atoms with Crippen molar-refractivity contribution in [3.63, 3.8) is 0 Å². The summed E-state index contributed by atoms with van der Waals surface area (Å²) in [4.78, 5) is 0. The molecule has 1 unspecified atom stereocenters. The van der Waals surface area contributed by atoms with Crippen LogP contribution in [0.1, 0.15) is 31.4 Å². The smallest absolute Gasteiger partial charge is 0.0991 e. The SMILES string of the molecule is CCC(C)(CN)c1ccc(C#N)cc1. The average Bonchev–Trinajstić information content (AvgIpc) is 2.28. The summed E-state index contributed by atoms with van der Waals surface area (Å²) < 4.78 is 0. The summed E-state index contributed by atoms with van der Waals surface area (Å²) in [6.07, 6.45) is 1.01. The van der Waals surface area contributed by atoms with E-state index in [1.165, 1.54) is 5.56 Å². The molecule has 0 fully saturated rings. The topological polar surface area (TPSA) is 49.8 Å². The van der Waals surface area contributed by atoms with E-state index < -0.39 is 0 Å². The Morgan fingerprint density at radius 1 is 1.36 bits per heavy atom. The molecule has 0 amide bonds. The van der Waals surface area contributed by atoms with Gasteiger partial charge in [-0.25, -0.2) is 0 Å². The lowest BCUT2D eigenvalue weighted by molar-refractivity contribution is 0.467. The van der Waals surface area contributed by atoms with E-state index >= 15 is 0 Å². The Bertz CT molecular complexity index is 328. The summed E-state index contributed by atoms with van der Waals surface area (Å²) in [5, 5.41) is 8.67. The summed E-state index contributed by atoms with van der Waals surface area (Å²) in [6, 6.07) is 9.79. The lowest BCUT2D eigenvalue weighted by atomic mass is 9.80. The average molecular weight is 188 g/mol. The second-order valence-corrected chi connectivity index (χ2v) is 3.81. The van der Waals surface area contributed by atoms with Gasteiger partial charge >= 0.3 is 0 Å². The van der Waals surface area contributed by atoms with Crippen molar-refractivity contribution in [1.82, 2.24) is 0 Å². The van der Waals surface area contributed by atoms with Crippen molar-refractivity contribution >= 4 is 0 Å². The molecule has 0 heterocycles. The standard InChI is InChI=1S/C12H16N2/c1-3-12(2,9-14)11-6-4-10(8-13)5-7-11/h4-7H,3,9,14H2,1-2H3. The van der Waals surface area contributed by atoms with Crippen LogP contribution in [0.15, 0.2) is 24.3 Å². The largest absolute Gasteiger partial charge is 0.330 e. The number of benzene rings is 1. The zero-order chi connectivity index (χ0) is 10.6. The Morgan fingerprint density at radius 3 is 2.29 bits per heavy atom. The van der Waals surface area contributed by atoms with Crippen molar-refractivity contribution in [2.24, 2.45) is 5.73 Å². The summed E-state index contributed by atoms with van der Waals surface area (Å²) in [5.74, 6) is 0. The summed E-state index contributed by atoms with van der Waals surface area (Å²) in [5.41, 5.74) is 7.70. The van der Waals surface area contributed by atoms with E-state index in [1.807, 2.05) is 24.3 Å². The Hall–Kier alpha value is -1.33. The van der Waals surface area contributed by atoms with E-state index in [1.54, 1.807) is 0 Å². The van der Waals surface area contributed by atoms with Crippen molar-refractivity contribution in [3.05, 3.63) is 35.4 Å². The third-order valence-corrected chi connectivity index (χ3v) is 2.94. The Morgan fingerprint density at radius 2 is 1.93 bits per heavy atom. The normalized spacial score (nSPS) is 14.4. The van der Waals surface area contributed by atoms with Crippen LogP contribution in [0.4, 0.5) is 0 Å². The van der Waals surface area contributed by atoms with Crippen molar-refractivity contribution in [1.29, 1.82) is 5.26 Å². The molecule has 0 aromatic heterocycles. The first-order valence-electron chi connectivity index (χ1n) is 4.87. The molecule has 0 aliphatic carbocycles. The molecule has 14 heavy (non-hydrogen) atoms. The Balaban J connectivity index is 3.02. The first-order valence-corrected chi connectivity index (χ1v) is 4.87. The van der Waals surface area contributed by atoms with Gasteiger partial charge in [0.05, 0.1) is 11.6 Å². The predicted molar refractivity (Wildman–Crippen MR) is 57.9 cm³/mol. The van der Waals surface area contributed by atoms with Crippen molar-refractivity contribution < 1.29 is 0 Å². The molecule has 1 atom stereocenters. The van der Waals surface area contributed by atoms with Gasteiger partial charge in [-0.1, -0.05) is 26.0 Å². The Labute approximate surface area is 85.4 Å². The van der Waals surface area contributed by atoms with Crippen LogP contribution in [0, 0.1) is 11.3 Å². The molecule has 0 saturated carbocycles. The van der Waals surface area contributed by atoms with Crippen LogP contribution in [-0.4, -0.2) is 6.54 Å². The minimum atomic E-state index is 0.0357. The fourth-order valence-electron chi connectivity index (χ4n) is 1.41. The highest BCUT2D eigenvalue weighted by molar-refractivity contribution is 5.35. The van der Waals surface area contributed by atoms with Gasteiger partial charge in [0.15, 0.2) is 0 Å². The van der Waals surface area contributed by atoms with Crippen LogP contribution in [-0.2, 0) is 5.41 Å². The number of hydrogen-bond donors (Lipinski definition) is 1. The molecule has 0 aliphatic rings. The lowest BCUT2D eigenvalue weighted by Gasteiger charge is -2.26. The van der Waals surface area contributed by atoms with Crippen LogP contribution in [0.5, 0.6) is 0 Å². The van der Waals surface area contributed by atoms with Crippen molar-refractivity contribution in [2.75, 3.05) is 6.54 Å². The van der Waals surface area contributed by atoms with Gasteiger partial charge in [0.2, 0.25) is 0 Å². The molecule has 0 spiro atoms.